The van der Waals surface area contributed by atoms with Crippen molar-refractivity contribution in [2.24, 2.45) is 5.92 Å². The van der Waals surface area contributed by atoms with Gasteiger partial charge in [0.2, 0.25) is 11.8 Å². The van der Waals surface area contributed by atoms with Crippen molar-refractivity contribution in [1.29, 1.82) is 0 Å². The number of nitrogens with zero attached hydrogens (tertiary/aromatic N) is 3. The SMILES string of the molecule is CCN1C(=O)CC[C@H](C(=O)Nc2n[nH]c3cc(F)ccc23)[C@H]1c1ccncc1. The highest BCUT2D eigenvalue weighted by atomic mass is 19.1. The molecule has 1 aromatic carbocycles. The Morgan fingerprint density at radius 1 is 1.32 bits per heavy atom. The fraction of sp³-hybridized carbons (Fsp3) is 0.300. The summed E-state index contributed by atoms with van der Waals surface area (Å²) in [6, 6.07) is 7.53. The Morgan fingerprint density at radius 2 is 2.11 bits per heavy atom. The highest BCUT2D eigenvalue weighted by molar-refractivity contribution is 6.01. The first-order valence-corrected chi connectivity index (χ1v) is 9.22. The molecule has 0 unspecified atom stereocenters. The molecule has 2 amide bonds. The molecule has 0 aliphatic carbocycles. The summed E-state index contributed by atoms with van der Waals surface area (Å²) in [5, 5.41) is 10.3. The zero-order valence-corrected chi connectivity index (χ0v) is 15.4. The Morgan fingerprint density at radius 3 is 2.86 bits per heavy atom. The molecule has 28 heavy (non-hydrogen) atoms. The summed E-state index contributed by atoms with van der Waals surface area (Å²) >= 11 is 0. The Kier molecular flexibility index (Phi) is 4.77. The van der Waals surface area contributed by atoms with Crippen molar-refractivity contribution in [3.63, 3.8) is 0 Å². The summed E-state index contributed by atoms with van der Waals surface area (Å²) in [7, 11) is 0. The number of piperidine rings is 1. The lowest BCUT2D eigenvalue weighted by Gasteiger charge is -2.40. The molecule has 1 aliphatic heterocycles. The number of amides is 2. The second-order valence-corrected chi connectivity index (χ2v) is 6.80. The number of anilines is 1. The predicted octanol–water partition coefficient (Wildman–Crippen LogP) is 3.04. The fourth-order valence-electron chi connectivity index (χ4n) is 3.87. The standard InChI is InChI=1S/C20H20FN5O2/c1-2-26-17(27)6-5-15(18(26)12-7-9-22-10-8-12)20(28)23-19-14-4-3-13(21)11-16(14)24-25-19/h3-4,7-11,15,18H,2,5-6H2,1H3,(H2,23,24,25,28)/t15-,18+/m0/s1. The molecule has 1 saturated heterocycles. The molecule has 2 aromatic heterocycles. The summed E-state index contributed by atoms with van der Waals surface area (Å²) in [5.41, 5.74) is 1.38. The minimum atomic E-state index is -0.424. The maximum absolute atomic E-state index is 13.4. The number of pyridine rings is 1. The normalized spacial score (nSPS) is 19.8. The van der Waals surface area contributed by atoms with Gasteiger partial charge in [0.15, 0.2) is 5.82 Å². The number of aromatic nitrogens is 3. The zero-order valence-electron chi connectivity index (χ0n) is 15.4. The van der Waals surface area contributed by atoms with E-state index in [1.807, 2.05) is 19.1 Å². The van der Waals surface area contributed by atoms with Crippen LogP contribution in [0.1, 0.15) is 31.4 Å². The van der Waals surface area contributed by atoms with Gasteiger partial charge in [0.05, 0.1) is 17.5 Å². The second kappa shape index (κ2) is 7.38. The fourth-order valence-corrected chi connectivity index (χ4v) is 3.87. The predicted molar refractivity (Wildman–Crippen MR) is 102 cm³/mol. The van der Waals surface area contributed by atoms with E-state index in [0.717, 1.165) is 5.56 Å². The van der Waals surface area contributed by atoms with E-state index in [9.17, 15) is 14.0 Å². The van der Waals surface area contributed by atoms with Gasteiger partial charge in [-0.05, 0) is 49.2 Å². The maximum Gasteiger partial charge on any atom is 0.231 e. The average molecular weight is 381 g/mol. The van der Waals surface area contributed by atoms with Gasteiger partial charge in [-0.3, -0.25) is 19.7 Å². The summed E-state index contributed by atoms with van der Waals surface area (Å²) in [5.74, 6) is -0.628. The minimum absolute atomic E-state index is 0.0362. The summed E-state index contributed by atoms with van der Waals surface area (Å²) in [6.45, 7) is 2.42. The van der Waals surface area contributed by atoms with Crippen molar-refractivity contribution in [3.05, 3.63) is 54.1 Å². The Hall–Kier alpha value is -3.29. The van der Waals surface area contributed by atoms with Crippen LogP contribution < -0.4 is 5.32 Å². The number of H-pyrrole nitrogens is 1. The van der Waals surface area contributed by atoms with E-state index in [4.69, 9.17) is 0 Å². The molecule has 3 aromatic rings. The van der Waals surface area contributed by atoms with E-state index >= 15 is 0 Å². The number of fused-ring (bicyclic) bond motifs is 1. The van der Waals surface area contributed by atoms with Crippen LogP contribution in [0, 0.1) is 11.7 Å². The number of likely N-dealkylation sites (tertiary alicyclic amines) is 1. The average Bonchev–Trinajstić information content (AvgIpc) is 3.09. The lowest BCUT2D eigenvalue weighted by atomic mass is 9.84. The van der Waals surface area contributed by atoms with Crippen LogP contribution in [0.2, 0.25) is 0 Å². The molecule has 2 N–H and O–H groups in total. The van der Waals surface area contributed by atoms with Crippen molar-refractivity contribution < 1.29 is 14.0 Å². The molecule has 0 radical (unpaired) electrons. The van der Waals surface area contributed by atoms with Crippen LogP contribution in [0.25, 0.3) is 10.9 Å². The van der Waals surface area contributed by atoms with Gasteiger partial charge in [-0.2, -0.15) is 5.10 Å². The van der Waals surface area contributed by atoms with E-state index in [-0.39, 0.29) is 23.7 Å². The van der Waals surface area contributed by atoms with Crippen LogP contribution in [-0.4, -0.2) is 38.4 Å². The molecule has 3 heterocycles. The molecule has 144 valence electrons. The molecule has 0 saturated carbocycles. The first kappa shape index (κ1) is 18.1. The lowest BCUT2D eigenvalue weighted by Crippen LogP contribution is -2.46. The number of carbonyl (C=O) groups is 2. The third-order valence-corrected chi connectivity index (χ3v) is 5.20. The summed E-state index contributed by atoms with van der Waals surface area (Å²) in [6.07, 6.45) is 4.09. The van der Waals surface area contributed by atoms with E-state index in [0.29, 0.717) is 36.1 Å². The van der Waals surface area contributed by atoms with Crippen LogP contribution in [0.15, 0.2) is 42.7 Å². The molecular weight excluding hydrogens is 361 g/mol. The molecule has 8 heteroatoms. The van der Waals surface area contributed by atoms with Gasteiger partial charge in [-0.15, -0.1) is 0 Å². The number of hydrogen-bond acceptors (Lipinski definition) is 4. The lowest BCUT2D eigenvalue weighted by molar-refractivity contribution is -0.141. The van der Waals surface area contributed by atoms with Gasteiger partial charge >= 0.3 is 0 Å². The summed E-state index contributed by atoms with van der Waals surface area (Å²) in [4.78, 5) is 31.3. The molecule has 1 aliphatic rings. The number of benzene rings is 1. The Balaban J connectivity index is 1.65. The summed E-state index contributed by atoms with van der Waals surface area (Å²) < 4.78 is 13.4. The monoisotopic (exact) mass is 381 g/mol. The number of hydrogen-bond donors (Lipinski definition) is 2. The first-order valence-electron chi connectivity index (χ1n) is 9.22. The molecule has 2 atom stereocenters. The van der Waals surface area contributed by atoms with Gasteiger partial charge in [-0.25, -0.2) is 4.39 Å². The third kappa shape index (κ3) is 3.21. The number of halogens is 1. The second-order valence-electron chi connectivity index (χ2n) is 6.80. The number of rotatable bonds is 4. The van der Waals surface area contributed by atoms with Gasteiger partial charge in [-0.1, -0.05) is 0 Å². The number of carbonyl (C=O) groups excluding carboxylic acids is 2. The van der Waals surface area contributed by atoms with Crippen molar-refractivity contribution in [3.8, 4) is 0 Å². The molecule has 7 nitrogen and oxygen atoms in total. The molecular formula is C20H20FN5O2. The molecule has 4 rings (SSSR count). The van der Waals surface area contributed by atoms with Crippen molar-refractivity contribution >= 4 is 28.5 Å². The van der Waals surface area contributed by atoms with Crippen molar-refractivity contribution in [1.82, 2.24) is 20.1 Å². The van der Waals surface area contributed by atoms with Crippen LogP contribution in [0.3, 0.4) is 0 Å². The van der Waals surface area contributed by atoms with Crippen LogP contribution in [0.5, 0.6) is 0 Å². The van der Waals surface area contributed by atoms with Gasteiger partial charge in [0.1, 0.15) is 5.82 Å². The smallest absolute Gasteiger partial charge is 0.231 e. The number of nitrogens with one attached hydrogen (secondary N) is 2. The molecule has 1 fully saturated rings. The highest BCUT2D eigenvalue weighted by Gasteiger charge is 2.40. The number of aromatic amines is 1. The van der Waals surface area contributed by atoms with E-state index in [1.54, 1.807) is 23.4 Å². The molecule has 0 bridgehead atoms. The van der Waals surface area contributed by atoms with Gasteiger partial charge < -0.3 is 10.2 Å². The molecule has 0 spiro atoms. The van der Waals surface area contributed by atoms with Gasteiger partial charge in [0.25, 0.3) is 0 Å². The topological polar surface area (TPSA) is 91.0 Å². The minimum Gasteiger partial charge on any atom is -0.335 e. The van der Waals surface area contributed by atoms with Crippen molar-refractivity contribution in [2.75, 3.05) is 11.9 Å². The maximum atomic E-state index is 13.4. The third-order valence-electron chi connectivity index (χ3n) is 5.20. The van der Waals surface area contributed by atoms with E-state index < -0.39 is 5.92 Å². The van der Waals surface area contributed by atoms with Crippen molar-refractivity contribution in [2.45, 2.75) is 25.8 Å². The van der Waals surface area contributed by atoms with E-state index in [2.05, 4.69) is 20.5 Å². The quantitative estimate of drug-likeness (QED) is 0.727. The Labute approximate surface area is 160 Å². The van der Waals surface area contributed by atoms with E-state index in [1.165, 1.54) is 12.1 Å². The first-order chi connectivity index (χ1) is 13.6. The zero-order chi connectivity index (χ0) is 19.7. The van der Waals surface area contributed by atoms with Crippen LogP contribution >= 0.6 is 0 Å². The Bertz CT molecular complexity index is 1020. The largest absolute Gasteiger partial charge is 0.335 e. The highest BCUT2D eigenvalue weighted by Crippen LogP contribution is 2.37. The van der Waals surface area contributed by atoms with Gasteiger partial charge in [0, 0.05) is 30.7 Å². The van der Waals surface area contributed by atoms with Crippen LogP contribution in [0.4, 0.5) is 10.2 Å². The van der Waals surface area contributed by atoms with Crippen LogP contribution in [-0.2, 0) is 9.59 Å².